The van der Waals surface area contributed by atoms with E-state index in [0.29, 0.717) is 48.6 Å². The average Bonchev–Trinajstić information content (AvgIpc) is 3.37. The molecule has 2 fully saturated rings. The Balaban J connectivity index is 1.20. The molecular weight excluding hydrogens is 497 g/mol. The molecule has 0 atom stereocenters. The number of aromatic nitrogens is 6. The van der Waals surface area contributed by atoms with Gasteiger partial charge in [0.15, 0.2) is 5.65 Å². The fourth-order valence-electron chi connectivity index (χ4n) is 5.42. The second-order valence-corrected chi connectivity index (χ2v) is 9.84. The molecule has 0 bridgehead atoms. The molecule has 196 valence electrons. The number of fused-ring (bicyclic) bond motifs is 2. The Kier molecular flexibility index (Phi) is 5.58. The van der Waals surface area contributed by atoms with Gasteiger partial charge >= 0.3 is 6.36 Å². The number of nitrogens with zero attached hydrogens (tertiary/aromatic N) is 6. The third kappa shape index (κ3) is 4.72. The van der Waals surface area contributed by atoms with Crippen LogP contribution in [0.4, 0.5) is 27.9 Å². The van der Waals surface area contributed by atoms with E-state index in [1.807, 2.05) is 16.7 Å². The number of imidazole rings is 1. The van der Waals surface area contributed by atoms with Crippen molar-refractivity contribution >= 4 is 22.6 Å². The molecule has 2 saturated carbocycles. The number of aryl methyl sites for hydroxylation is 1. The van der Waals surface area contributed by atoms with Crippen molar-refractivity contribution in [1.82, 2.24) is 29.1 Å². The quantitative estimate of drug-likeness (QED) is 0.341. The van der Waals surface area contributed by atoms with E-state index in [4.69, 9.17) is 0 Å². The predicted octanol–water partition coefficient (Wildman–Crippen LogP) is 5.68. The summed E-state index contributed by atoms with van der Waals surface area (Å²) in [6.45, 7) is 1.80. The van der Waals surface area contributed by atoms with Crippen LogP contribution in [0.1, 0.15) is 50.4 Å². The SMILES string of the molecule is Cc1nc2ncc(-c3ccn4nc(NC5CCC(OC(F)(F)F)CC5)ncc34)cc2n1C1CC(F)(F)C1. The van der Waals surface area contributed by atoms with Crippen LogP contribution < -0.4 is 5.32 Å². The number of rotatable bonds is 5. The first kappa shape index (κ1) is 24.0. The number of halogens is 5. The van der Waals surface area contributed by atoms with Crippen LogP contribution in [-0.4, -0.2) is 53.6 Å². The van der Waals surface area contributed by atoms with Crippen LogP contribution in [0.25, 0.3) is 27.8 Å². The normalized spacial score (nSPS) is 22.4. The summed E-state index contributed by atoms with van der Waals surface area (Å²) in [5.74, 6) is -1.61. The Hall–Kier alpha value is -3.35. The van der Waals surface area contributed by atoms with E-state index in [0.717, 1.165) is 16.6 Å². The zero-order valence-corrected chi connectivity index (χ0v) is 19.8. The van der Waals surface area contributed by atoms with Gasteiger partial charge in [-0.05, 0) is 44.7 Å². The third-order valence-electron chi connectivity index (χ3n) is 7.19. The van der Waals surface area contributed by atoms with Gasteiger partial charge in [-0.15, -0.1) is 18.3 Å². The van der Waals surface area contributed by atoms with Gasteiger partial charge in [0.05, 0.1) is 23.3 Å². The van der Waals surface area contributed by atoms with Crippen molar-refractivity contribution in [3.05, 3.63) is 36.5 Å². The Morgan fingerprint density at radius 2 is 1.81 bits per heavy atom. The first-order chi connectivity index (χ1) is 17.5. The number of pyridine rings is 1. The van der Waals surface area contributed by atoms with E-state index in [9.17, 15) is 22.0 Å². The molecule has 37 heavy (non-hydrogen) atoms. The van der Waals surface area contributed by atoms with Gasteiger partial charge in [0.25, 0.3) is 5.92 Å². The van der Waals surface area contributed by atoms with Crippen LogP contribution in [0.2, 0.25) is 0 Å². The minimum Gasteiger partial charge on any atom is -0.350 e. The summed E-state index contributed by atoms with van der Waals surface area (Å²) in [5.41, 5.74) is 3.56. The second-order valence-electron chi connectivity index (χ2n) is 9.84. The number of anilines is 1. The van der Waals surface area contributed by atoms with Gasteiger partial charge in [0.1, 0.15) is 5.82 Å². The molecule has 8 nitrogen and oxygen atoms in total. The molecule has 6 rings (SSSR count). The molecule has 13 heteroatoms. The monoisotopic (exact) mass is 521 g/mol. The maximum atomic E-state index is 13.5. The summed E-state index contributed by atoms with van der Waals surface area (Å²) < 4.78 is 72.0. The highest BCUT2D eigenvalue weighted by molar-refractivity contribution is 5.85. The molecule has 4 aromatic heterocycles. The zero-order valence-electron chi connectivity index (χ0n) is 19.8. The standard InChI is InChI=1S/C24H24F5N7O/c1-13-32-21-19(36(13)16-9-23(25,26)10-16)8-14(11-30-21)18-6-7-35-20(18)12-31-22(34-35)33-15-2-4-17(5-3-15)37-24(27,28)29/h6-8,11-12,15-17H,2-5,9-10H2,1H3,(H,33,34). The van der Waals surface area contributed by atoms with E-state index in [2.05, 4.69) is 30.1 Å². The van der Waals surface area contributed by atoms with Crippen LogP contribution in [0.15, 0.2) is 30.7 Å². The minimum atomic E-state index is -4.62. The van der Waals surface area contributed by atoms with E-state index >= 15 is 0 Å². The number of alkyl halides is 5. The molecule has 0 saturated heterocycles. The van der Waals surface area contributed by atoms with Crippen molar-refractivity contribution in [2.75, 3.05) is 5.32 Å². The average molecular weight is 521 g/mol. The highest BCUT2D eigenvalue weighted by Crippen LogP contribution is 2.47. The maximum Gasteiger partial charge on any atom is 0.522 e. The largest absolute Gasteiger partial charge is 0.522 e. The van der Waals surface area contributed by atoms with Crippen LogP contribution in [0, 0.1) is 6.92 Å². The third-order valence-corrected chi connectivity index (χ3v) is 7.19. The Bertz CT molecular complexity index is 1450. The van der Waals surface area contributed by atoms with Crippen molar-refractivity contribution in [3.8, 4) is 11.1 Å². The summed E-state index contributed by atoms with van der Waals surface area (Å²) >= 11 is 0. The van der Waals surface area contributed by atoms with Crippen LogP contribution in [0.3, 0.4) is 0 Å². The van der Waals surface area contributed by atoms with Gasteiger partial charge in [0.2, 0.25) is 5.95 Å². The molecule has 4 aromatic rings. The van der Waals surface area contributed by atoms with Gasteiger partial charge < -0.3 is 9.88 Å². The Labute approximate surface area is 207 Å². The van der Waals surface area contributed by atoms with E-state index in [1.165, 1.54) is 0 Å². The summed E-state index contributed by atoms with van der Waals surface area (Å²) in [6.07, 6.45) is 0.933. The molecule has 0 spiro atoms. The van der Waals surface area contributed by atoms with E-state index < -0.39 is 18.4 Å². The fourth-order valence-corrected chi connectivity index (χ4v) is 5.42. The van der Waals surface area contributed by atoms with Gasteiger partial charge in [-0.3, -0.25) is 4.74 Å². The predicted molar refractivity (Wildman–Crippen MR) is 124 cm³/mol. The summed E-state index contributed by atoms with van der Waals surface area (Å²) in [4.78, 5) is 13.3. The molecule has 1 N–H and O–H groups in total. The Morgan fingerprint density at radius 1 is 1.05 bits per heavy atom. The van der Waals surface area contributed by atoms with Gasteiger partial charge in [0, 0.05) is 48.4 Å². The van der Waals surface area contributed by atoms with Crippen molar-refractivity contribution in [1.29, 1.82) is 0 Å². The van der Waals surface area contributed by atoms with Crippen molar-refractivity contribution in [2.45, 2.75) is 75.9 Å². The first-order valence-corrected chi connectivity index (χ1v) is 12.1. The van der Waals surface area contributed by atoms with Gasteiger partial charge in [-0.2, -0.15) is 0 Å². The first-order valence-electron chi connectivity index (χ1n) is 12.1. The molecule has 0 aliphatic heterocycles. The number of hydrogen-bond acceptors (Lipinski definition) is 6. The van der Waals surface area contributed by atoms with Crippen molar-refractivity contribution < 1.29 is 26.7 Å². The molecule has 2 aliphatic rings. The lowest BCUT2D eigenvalue weighted by molar-refractivity contribution is -0.345. The van der Waals surface area contributed by atoms with Crippen LogP contribution in [0.5, 0.6) is 0 Å². The van der Waals surface area contributed by atoms with Crippen molar-refractivity contribution in [2.24, 2.45) is 0 Å². The van der Waals surface area contributed by atoms with Gasteiger partial charge in [-0.25, -0.2) is 28.2 Å². The molecule has 0 radical (unpaired) electrons. The lowest BCUT2D eigenvalue weighted by Gasteiger charge is -2.36. The smallest absolute Gasteiger partial charge is 0.350 e. The number of ether oxygens (including phenoxy) is 1. The molecule has 4 heterocycles. The topological polar surface area (TPSA) is 82.2 Å². The van der Waals surface area contributed by atoms with E-state index in [1.54, 1.807) is 30.0 Å². The zero-order chi connectivity index (χ0) is 25.9. The van der Waals surface area contributed by atoms with Crippen LogP contribution >= 0.6 is 0 Å². The lowest BCUT2D eigenvalue weighted by atomic mass is 9.87. The van der Waals surface area contributed by atoms with Crippen LogP contribution in [-0.2, 0) is 4.74 Å². The summed E-state index contributed by atoms with van der Waals surface area (Å²) in [6, 6.07) is 3.42. The fraction of sp³-hybridized carbons (Fsp3) is 0.500. The van der Waals surface area contributed by atoms with Gasteiger partial charge in [-0.1, -0.05) is 0 Å². The lowest BCUT2D eigenvalue weighted by Crippen LogP contribution is -2.37. The summed E-state index contributed by atoms with van der Waals surface area (Å²) in [7, 11) is 0. The molecule has 2 aliphatic carbocycles. The highest BCUT2D eigenvalue weighted by atomic mass is 19.4. The van der Waals surface area contributed by atoms with E-state index in [-0.39, 0.29) is 24.9 Å². The number of nitrogens with one attached hydrogen (secondary N) is 1. The highest BCUT2D eigenvalue weighted by Gasteiger charge is 2.47. The molecule has 0 aromatic carbocycles. The Morgan fingerprint density at radius 3 is 2.51 bits per heavy atom. The van der Waals surface area contributed by atoms with Crippen molar-refractivity contribution in [3.63, 3.8) is 0 Å². The molecular formula is C24H24F5N7O. The molecule has 0 amide bonds. The minimum absolute atomic E-state index is 0.0467. The summed E-state index contributed by atoms with van der Waals surface area (Å²) in [5, 5.41) is 7.71. The second kappa shape index (κ2) is 8.61. The maximum absolute atomic E-state index is 13.5. The molecule has 0 unspecified atom stereocenters. The number of hydrogen-bond donors (Lipinski definition) is 1.